The van der Waals surface area contributed by atoms with Crippen LogP contribution in [0, 0.1) is 5.92 Å². The fourth-order valence-corrected chi connectivity index (χ4v) is 3.76. The molecule has 25 heavy (non-hydrogen) atoms. The van der Waals surface area contributed by atoms with Crippen molar-refractivity contribution in [1.82, 2.24) is 10.3 Å². The Bertz CT molecular complexity index is 773. The quantitative estimate of drug-likeness (QED) is 0.788. The summed E-state index contributed by atoms with van der Waals surface area (Å²) in [5.41, 5.74) is 2.64. The molecule has 0 radical (unpaired) electrons. The van der Waals surface area contributed by atoms with Gasteiger partial charge in [0.05, 0.1) is 12.8 Å². The molecule has 1 saturated carbocycles. The SMILES string of the molecule is COc1ccc2[nH]c(C(=O)C3CCCCC3)c(CCNC(C)=O)c2c1. The minimum Gasteiger partial charge on any atom is -0.497 e. The number of hydrogen-bond acceptors (Lipinski definition) is 3. The Balaban J connectivity index is 1.96. The number of Topliss-reactive ketones (excluding diaryl/α,β-unsaturated/α-hetero) is 1. The third kappa shape index (κ3) is 3.86. The number of benzene rings is 1. The van der Waals surface area contributed by atoms with Crippen LogP contribution in [0.25, 0.3) is 10.9 Å². The number of ether oxygens (including phenoxy) is 1. The van der Waals surface area contributed by atoms with Gasteiger partial charge in [-0.1, -0.05) is 19.3 Å². The maximum absolute atomic E-state index is 13.1. The molecule has 0 aliphatic heterocycles. The van der Waals surface area contributed by atoms with Crippen LogP contribution in [-0.2, 0) is 11.2 Å². The molecule has 3 rings (SSSR count). The molecule has 1 amide bonds. The van der Waals surface area contributed by atoms with E-state index >= 15 is 0 Å². The fraction of sp³-hybridized carbons (Fsp3) is 0.500. The third-order valence-corrected chi connectivity index (χ3v) is 5.08. The lowest BCUT2D eigenvalue weighted by molar-refractivity contribution is -0.118. The zero-order chi connectivity index (χ0) is 17.8. The Hall–Kier alpha value is -2.30. The first-order valence-electron chi connectivity index (χ1n) is 9.07. The van der Waals surface area contributed by atoms with Crippen molar-refractivity contribution in [3.05, 3.63) is 29.5 Å². The first kappa shape index (κ1) is 17.5. The van der Waals surface area contributed by atoms with Crippen LogP contribution < -0.4 is 10.1 Å². The molecule has 5 nitrogen and oxygen atoms in total. The predicted molar refractivity (Wildman–Crippen MR) is 98.1 cm³/mol. The lowest BCUT2D eigenvalue weighted by Gasteiger charge is -2.20. The summed E-state index contributed by atoms with van der Waals surface area (Å²) in [5.74, 6) is 1.04. The van der Waals surface area contributed by atoms with E-state index in [1.165, 1.54) is 13.3 Å². The number of ketones is 1. The molecule has 1 fully saturated rings. The van der Waals surface area contributed by atoms with Gasteiger partial charge in [0, 0.05) is 30.3 Å². The highest BCUT2D eigenvalue weighted by Crippen LogP contribution is 2.32. The number of nitrogens with one attached hydrogen (secondary N) is 2. The second-order valence-corrected chi connectivity index (χ2v) is 6.82. The zero-order valence-corrected chi connectivity index (χ0v) is 15.0. The molecule has 2 N–H and O–H groups in total. The summed E-state index contributed by atoms with van der Waals surface area (Å²) in [7, 11) is 1.64. The number of fused-ring (bicyclic) bond motifs is 1. The Labute approximate surface area is 148 Å². The maximum atomic E-state index is 13.1. The summed E-state index contributed by atoms with van der Waals surface area (Å²) in [6.07, 6.45) is 6.06. The summed E-state index contributed by atoms with van der Waals surface area (Å²) in [6.45, 7) is 2.02. The first-order valence-corrected chi connectivity index (χ1v) is 9.07. The molecule has 1 aromatic heterocycles. The van der Waals surface area contributed by atoms with Crippen molar-refractivity contribution in [3.63, 3.8) is 0 Å². The molecule has 0 spiro atoms. The van der Waals surface area contributed by atoms with Crippen molar-refractivity contribution in [1.29, 1.82) is 0 Å². The van der Waals surface area contributed by atoms with E-state index < -0.39 is 0 Å². The molecule has 1 heterocycles. The largest absolute Gasteiger partial charge is 0.497 e. The number of amides is 1. The van der Waals surface area contributed by atoms with Crippen molar-refractivity contribution in [3.8, 4) is 5.75 Å². The molecule has 1 aliphatic carbocycles. The number of rotatable bonds is 6. The summed E-state index contributed by atoms with van der Waals surface area (Å²) < 4.78 is 5.34. The van der Waals surface area contributed by atoms with Gasteiger partial charge in [0.25, 0.3) is 0 Å². The van der Waals surface area contributed by atoms with Gasteiger partial charge in [0.1, 0.15) is 5.75 Å². The van der Waals surface area contributed by atoms with E-state index in [1.54, 1.807) is 7.11 Å². The van der Waals surface area contributed by atoms with E-state index in [0.717, 1.165) is 47.9 Å². The molecular formula is C20H26N2O3. The van der Waals surface area contributed by atoms with E-state index in [9.17, 15) is 9.59 Å². The topological polar surface area (TPSA) is 71.2 Å². The van der Waals surface area contributed by atoms with Crippen LogP contribution in [-0.4, -0.2) is 30.3 Å². The average Bonchev–Trinajstić information content (AvgIpc) is 2.99. The van der Waals surface area contributed by atoms with Gasteiger partial charge >= 0.3 is 0 Å². The van der Waals surface area contributed by atoms with Crippen LogP contribution >= 0.6 is 0 Å². The van der Waals surface area contributed by atoms with Crippen molar-refractivity contribution in [2.45, 2.75) is 45.4 Å². The number of hydrogen-bond donors (Lipinski definition) is 2. The van der Waals surface area contributed by atoms with Crippen LogP contribution in [0.1, 0.15) is 55.1 Å². The second-order valence-electron chi connectivity index (χ2n) is 6.82. The van der Waals surface area contributed by atoms with Crippen molar-refractivity contribution >= 4 is 22.6 Å². The fourth-order valence-electron chi connectivity index (χ4n) is 3.76. The van der Waals surface area contributed by atoms with Crippen molar-refractivity contribution in [2.24, 2.45) is 5.92 Å². The second kappa shape index (κ2) is 7.72. The molecular weight excluding hydrogens is 316 g/mol. The number of methoxy groups -OCH3 is 1. The highest BCUT2D eigenvalue weighted by Gasteiger charge is 2.26. The van der Waals surface area contributed by atoms with Crippen LogP contribution in [0.4, 0.5) is 0 Å². The van der Waals surface area contributed by atoms with E-state index in [1.807, 2.05) is 18.2 Å². The summed E-state index contributed by atoms with van der Waals surface area (Å²) in [4.78, 5) is 27.6. The molecule has 5 heteroatoms. The van der Waals surface area contributed by atoms with E-state index in [4.69, 9.17) is 4.74 Å². The van der Waals surface area contributed by atoms with Gasteiger partial charge in [-0.25, -0.2) is 0 Å². The standard InChI is InChI=1S/C20H26N2O3/c1-13(23)21-11-10-16-17-12-15(25-2)8-9-18(17)22-19(16)20(24)14-6-4-3-5-7-14/h8-9,12,14,22H,3-7,10-11H2,1-2H3,(H,21,23). The number of aromatic nitrogens is 1. The smallest absolute Gasteiger partial charge is 0.216 e. The molecule has 1 aliphatic rings. The van der Waals surface area contributed by atoms with Gasteiger partial charge in [-0.15, -0.1) is 0 Å². The Kier molecular flexibility index (Phi) is 5.41. The number of carbonyl (C=O) groups is 2. The van der Waals surface area contributed by atoms with Gasteiger partial charge in [-0.05, 0) is 43.0 Å². The van der Waals surface area contributed by atoms with Crippen molar-refractivity contribution in [2.75, 3.05) is 13.7 Å². The van der Waals surface area contributed by atoms with Gasteiger partial charge in [-0.2, -0.15) is 0 Å². The molecule has 0 unspecified atom stereocenters. The molecule has 0 atom stereocenters. The number of carbonyl (C=O) groups excluding carboxylic acids is 2. The lowest BCUT2D eigenvalue weighted by Crippen LogP contribution is -2.24. The molecule has 0 saturated heterocycles. The molecule has 2 aromatic rings. The normalized spacial score (nSPS) is 15.3. The summed E-state index contributed by atoms with van der Waals surface area (Å²) in [6, 6.07) is 5.81. The van der Waals surface area contributed by atoms with Gasteiger partial charge in [0.15, 0.2) is 5.78 Å². The van der Waals surface area contributed by atoms with Crippen LogP contribution in [0.3, 0.4) is 0 Å². The first-order chi connectivity index (χ1) is 12.1. The summed E-state index contributed by atoms with van der Waals surface area (Å²) in [5, 5.41) is 3.83. The lowest BCUT2D eigenvalue weighted by atomic mass is 9.84. The third-order valence-electron chi connectivity index (χ3n) is 5.08. The van der Waals surface area contributed by atoms with E-state index in [-0.39, 0.29) is 17.6 Å². The Morgan fingerprint density at radius 1 is 1.24 bits per heavy atom. The zero-order valence-electron chi connectivity index (χ0n) is 15.0. The number of H-pyrrole nitrogens is 1. The minimum absolute atomic E-state index is 0.0578. The Morgan fingerprint density at radius 3 is 2.68 bits per heavy atom. The highest BCUT2D eigenvalue weighted by atomic mass is 16.5. The summed E-state index contributed by atoms with van der Waals surface area (Å²) >= 11 is 0. The van der Waals surface area contributed by atoms with Crippen LogP contribution in [0.2, 0.25) is 0 Å². The van der Waals surface area contributed by atoms with Crippen molar-refractivity contribution < 1.29 is 14.3 Å². The average molecular weight is 342 g/mol. The molecule has 0 bridgehead atoms. The van der Waals surface area contributed by atoms with Crippen LogP contribution in [0.5, 0.6) is 5.75 Å². The maximum Gasteiger partial charge on any atom is 0.216 e. The minimum atomic E-state index is -0.0578. The predicted octanol–water partition coefficient (Wildman–Crippen LogP) is 3.62. The molecule has 134 valence electrons. The highest BCUT2D eigenvalue weighted by molar-refractivity contribution is 6.03. The van der Waals surface area contributed by atoms with Gasteiger partial charge in [-0.3, -0.25) is 9.59 Å². The number of aromatic amines is 1. The van der Waals surface area contributed by atoms with Crippen LogP contribution in [0.15, 0.2) is 18.2 Å². The van der Waals surface area contributed by atoms with Gasteiger partial charge < -0.3 is 15.0 Å². The monoisotopic (exact) mass is 342 g/mol. The van der Waals surface area contributed by atoms with E-state index in [2.05, 4.69) is 10.3 Å². The molecule has 1 aromatic carbocycles. The Morgan fingerprint density at radius 2 is 2.00 bits per heavy atom. The van der Waals surface area contributed by atoms with E-state index in [0.29, 0.717) is 18.7 Å². The van der Waals surface area contributed by atoms with Gasteiger partial charge in [0.2, 0.25) is 5.91 Å².